The zero-order valence-corrected chi connectivity index (χ0v) is 9.37. The maximum absolute atomic E-state index is 5.80. The van der Waals surface area contributed by atoms with E-state index in [1.807, 2.05) is 39.0 Å². The first-order valence-electron chi connectivity index (χ1n) is 5.14. The molecular weight excluding hydrogens is 192 g/mol. The van der Waals surface area contributed by atoms with E-state index in [1.165, 1.54) is 0 Å². The summed E-state index contributed by atoms with van der Waals surface area (Å²) in [5.41, 5.74) is -0.226. The molecule has 1 aliphatic heterocycles. The molecule has 3 heteroatoms. The molecule has 1 aromatic rings. The van der Waals surface area contributed by atoms with Crippen LogP contribution in [0.2, 0.25) is 0 Å². The number of hydrogen-bond donors (Lipinski definition) is 0. The minimum Gasteiger partial charge on any atom is -0.486 e. The Morgan fingerprint density at radius 1 is 1.13 bits per heavy atom. The Morgan fingerprint density at radius 2 is 1.87 bits per heavy atom. The molecule has 1 aromatic carbocycles. The standard InChI is InChI=1S/C12H16O3/c1-12(2,3)15-10-6-4-5-9-11(10)14-8-7-13-9/h4-6H,7-8H2,1-3H3. The number of para-hydroxylation sites is 1. The fourth-order valence-corrected chi connectivity index (χ4v) is 1.46. The fraction of sp³-hybridized carbons (Fsp3) is 0.500. The van der Waals surface area contributed by atoms with Crippen molar-refractivity contribution in [2.24, 2.45) is 0 Å². The molecule has 0 fully saturated rings. The Bertz CT molecular complexity index is 352. The van der Waals surface area contributed by atoms with Gasteiger partial charge in [-0.3, -0.25) is 0 Å². The highest BCUT2D eigenvalue weighted by Gasteiger charge is 2.20. The predicted molar refractivity (Wildman–Crippen MR) is 57.8 cm³/mol. The molecule has 15 heavy (non-hydrogen) atoms. The molecule has 1 aliphatic rings. The van der Waals surface area contributed by atoms with Crippen molar-refractivity contribution < 1.29 is 14.2 Å². The van der Waals surface area contributed by atoms with Gasteiger partial charge in [0.05, 0.1) is 0 Å². The van der Waals surface area contributed by atoms with Crippen LogP contribution in [0.4, 0.5) is 0 Å². The van der Waals surface area contributed by atoms with Crippen molar-refractivity contribution >= 4 is 0 Å². The Kier molecular flexibility index (Phi) is 2.47. The zero-order valence-electron chi connectivity index (χ0n) is 9.37. The second-order valence-electron chi connectivity index (χ2n) is 4.49. The summed E-state index contributed by atoms with van der Waals surface area (Å²) < 4.78 is 16.8. The minimum absolute atomic E-state index is 0.226. The summed E-state index contributed by atoms with van der Waals surface area (Å²) >= 11 is 0. The lowest BCUT2D eigenvalue weighted by atomic mass is 10.2. The zero-order chi connectivity index (χ0) is 10.9. The maximum atomic E-state index is 5.80. The van der Waals surface area contributed by atoms with Crippen LogP contribution in [0, 0.1) is 0 Å². The molecule has 3 nitrogen and oxygen atoms in total. The van der Waals surface area contributed by atoms with Crippen LogP contribution in [0.5, 0.6) is 17.2 Å². The molecule has 0 bridgehead atoms. The van der Waals surface area contributed by atoms with Gasteiger partial charge in [0.15, 0.2) is 11.5 Å². The van der Waals surface area contributed by atoms with Crippen LogP contribution in [0.1, 0.15) is 20.8 Å². The smallest absolute Gasteiger partial charge is 0.203 e. The lowest BCUT2D eigenvalue weighted by Gasteiger charge is -2.26. The molecule has 2 rings (SSSR count). The van der Waals surface area contributed by atoms with Crippen molar-refractivity contribution in [1.29, 1.82) is 0 Å². The van der Waals surface area contributed by atoms with Crippen molar-refractivity contribution in [3.8, 4) is 17.2 Å². The molecule has 0 saturated carbocycles. The van der Waals surface area contributed by atoms with Crippen LogP contribution in [0.15, 0.2) is 18.2 Å². The normalized spacial score (nSPS) is 14.9. The number of benzene rings is 1. The summed E-state index contributed by atoms with van der Waals surface area (Å²) in [7, 11) is 0. The molecule has 0 unspecified atom stereocenters. The van der Waals surface area contributed by atoms with E-state index in [1.54, 1.807) is 0 Å². The van der Waals surface area contributed by atoms with Crippen LogP contribution >= 0.6 is 0 Å². The van der Waals surface area contributed by atoms with Crippen molar-refractivity contribution in [3.63, 3.8) is 0 Å². The highest BCUT2D eigenvalue weighted by atomic mass is 16.6. The molecule has 0 radical (unpaired) electrons. The number of hydrogen-bond acceptors (Lipinski definition) is 3. The van der Waals surface area contributed by atoms with Gasteiger partial charge < -0.3 is 14.2 Å². The van der Waals surface area contributed by atoms with Gasteiger partial charge in [-0.05, 0) is 32.9 Å². The third kappa shape index (κ3) is 2.35. The second-order valence-corrected chi connectivity index (χ2v) is 4.49. The molecule has 1 heterocycles. The predicted octanol–water partition coefficient (Wildman–Crippen LogP) is 2.64. The number of ether oxygens (including phenoxy) is 3. The number of rotatable bonds is 1. The summed E-state index contributed by atoms with van der Waals surface area (Å²) in [5.74, 6) is 2.24. The summed E-state index contributed by atoms with van der Waals surface area (Å²) in [6.45, 7) is 7.21. The van der Waals surface area contributed by atoms with E-state index in [0.29, 0.717) is 13.2 Å². The Labute approximate surface area is 90.0 Å². The van der Waals surface area contributed by atoms with E-state index in [2.05, 4.69) is 0 Å². The van der Waals surface area contributed by atoms with Crippen LogP contribution < -0.4 is 14.2 Å². The van der Waals surface area contributed by atoms with E-state index in [-0.39, 0.29) is 5.60 Å². The minimum atomic E-state index is -0.226. The highest BCUT2D eigenvalue weighted by Crippen LogP contribution is 2.40. The van der Waals surface area contributed by atoms with Crippen LogP contribution in [0.25, 0.3) is 0 Å². The van der Waals surface area contributed by atoms with E-state index >= 15 is 0 Å². The lowest BCUT2D eigenvalue weighted by Crippen LogP contribution is -2.24. The van der Waals surface area contributed by atoms with Gasteiger partial charge in [-0.15, -0.1) is 0 Å². The molecular formula is C12H16O3. The Morgan fingerprint density at radius 3 is 2.60 bits per heavy atom. The summed E-state index contributed by atoms with van der Waals surface area (Å²) in [6.07, 6.45) is 0. The van der Waals surface area contributed by atoms with E-state index in [9.17, 15) is 0 Å². The van der Waals surface area contributed by atoms with E-state index < -0.39 is 0 Å². The average molecular weight is 208 g/mol. The van der Waals surface area contributed by atoms with Gasteiger partial charge in [0.25, 0.3) is 0 Å². The third-order valence-corrected chi connectivity index (χ3v) is 1.95. The SMILES string of the molecule is CC(C)(C)Oc1cccc2c1OCCO2. The van der Waals surface area contributed by atoms with Gasteiger partial charge >= 0.3 is 0 Å². The summed E-state index contributed by atoms with van der Waals surface area (Å²) in [6, 6.07) is 5.71. The fourth-order valence-electron chi connectivity index (χ4n) is 1.46. The molecule has 0 aromatic heterocycles. The van der Waals surface area contributed by atoms with Gasteiger partial charge in [0.2, 0.25) is 5.75 Å². The monoisotopic (exact) mass is 208 g/mol. The van der Waals surface area contributed by atoms with E-state index in [0.717, 1.165) is 17.2 Å². The molecule has 82 valence electrons. The topological polar surface area (TPSA) is 27.7 Å². The first-order chi connectivity index (χ1) is 7.06. The molecule has 0 atom stereocenters. The second kappa shape index (κ2) is 3.65. The Balaban J connectivity index is 2.31. The molecule has 0 saturated heterocycles. The quantitative estimate of drug-likeness (QED) is 0.710. The van der Waals surface area contributed by atoms with Crippen molar-refractivity contribution in [1.82, 2.24) is 0 Å². The maximum Gasteiger partial charge on any atom is 0.203 e. The van der Waals surface area contributed by atoms with Crippen LogP contribution in [-0.4, -0.2) is 18.8 Å². The summed E-state index contributed by atoms with van der Waals surface area (Å²) in [5, 5.41) is 0. The van der Waals surface area contributed by atoms with Gasteiger partial charge in [0.1, 0.15) is 18.8 Å². The molecule has 0 amide bonds. The van der Waals surface area contributed by atoms with Crippen molar-refractivity contribution in [3.05, 3.63) is 18.2 Å². The Hall–Kier alpha value is -1.38. The first-order valence-corrected chi connectivity index (χ1v) is 5.14. The molecule has 0 aliphatic carbocycles. The number of fused-ring (bicyclic) bond motifs is 1. The van der Waals surface area contributed by atoms with Gasteiger partial charge in [-0.1, -0.05) is 6.07 Å². The first kappa shape index (κ1) is 10.1. The largest absolute Gasteiger partial charge is 0.486 e. The summed E-state index contributed by atoms with van der Waals surface area (Å²) in [4.78, 5) is 0. The van der Waals surface area contributed by atoms with Crippen LogP contribution in [0.3, 0.4) is 0 Å². The van der Waals surface area contributed by atoms with Crippen molar-refractivity contribution in [2.45, 2.75) is 26.4 Å². The van der Waals surface area contributed by atoms with E-state index in [4.69, 9.17) is 14.2 Å². The van der Waals surface area contributed by atoms with Crippen molar-refractivity contribution in [2.75, 3.05) is 13.2 Å². The average Bonchev–Trinajstić information content (AvgIpc) is 2.16. The third-order valence-electron chi connectivity index (χ3n) is 1.95. The van der Waals surface area contributed by atoms with Gasteiger partial charge in [0, 0.05) is 0 Å². The lowest BCUT2D eigenvalue weighted by molar-refractivity contribution is 0.111. The van der Waals surface area contributed by atoms with Gasteiger partial charge in [-0.2, -0.15) is 0 Å². The molecule has 0 N–H and O–H groups in total. The highest BCUT2D eigenvalue weighted by molar-refractivity contribution is 5.51. The van der Waals surface area contributed by atoms with Crippen LogP contribution in [-0.2, 0) is 0 Å². The molecule has 0 spiro atoms. The van der Waals surface area contributed by atoms with Gasteiger partial charge in [-0.25, -0.2) is 0 Å².